The molecule has 0 aromatic carbocycles. The van der Waals surface area contributed by atoms with Crippen LogP contribution in [0, 0.1) is 0 Å². The number of carbonyl (C=O) groups is 3. The topological polar surface area (TPSA) is 162 Å². The zero-order valence-electron chi connectivity index (χ0n) is 12.2. The molecule has 0 fully saturated rings. The molecule has 0 aliphatic rings. The molecule has 0 spiro atoms. The van der Waals surface area contributed by atoms with Crippen LogP contribution in [0.25, 0.3) is 0 Å². The highest BCUT2D eigenvalue weighted by molar-refractivity contribution is 5.83. The summed E-state index contributed by atoms with van der Waals surface area (Å²) in [4.78, 5) is 33.6. The van der Waals surface area contributed by atoms with E-state index in [1.165, 1.54) is 18.7 Å². The molecule has 22 heavy (non-hydrogen) atoms. The zero-order chi connectivity index (χ0) is 16.7. The normalized spacial score (nSPS) is 13.2. The Morgan fingerprint density at radius 1 is 1.45 bits per heavy atom. The van der Waals surface area contributed by atoms with Crippen LogP contribution < -0.4 is 11.1 Å². The third-order valence-corrected chi connectivity index (χ3v) is 2.83. The van der Waals surface area contributed by atoms with Gasteiger partial charge in [0.05, 0.1) is 7.11 Å². The fourth-order valence-electron chi connectivity index (χ4n) is 1.59. The maximum atomic E-state index is 11.8. The van der Waals surface area contributed by atoms with Crippen molar-refractivity contribution < 1.29 is 24.2 Å². The van der Waals surface area contributed by atoms with Gasteiger partial charge in [0.25, 0.3) is 0 Å². The minimum absolute atomic E-state index is 0.135. The fourth-order valence-corrected chi connectivity index (χ4v) is 1.59. The number of aromatic nitrogens is 4. The third kappa shape index (κ3) is 5.09. The number of rotatable bonds is 8. The highest BCUT2D eigenvalue weighted by atomic mass is 16.5. The molecule has 122 valence electrons. The van der Waals surface area contributed by atoms with E-state index < -0.39 is 29.9 Å². The van der Waals surface area contributed by atoms with E-state index in [1.54, 1.807) is 0 Å². The number of carbonyl (C=O) groups excluding carboxylic acids is 2. The zero-order valence-corrected chi connectivity index (χ0v) is 12.2. The number of methoxy groups -OCH3 is 1. The van der Waals surface area contributed by atoms with Gasteiger partial charge in [-0.1, -0.05) is 0 Å². The molecule has 0 aliphatic carbocycles. The molecule has 0 aliphatic heterocycles. The molecule has 1 amide bonds. The van der Waals surface area contributed by atoms with Crippen molar-refractivity contribution in [1.82, 2.24) is 25.5 Å². The molecule has 0 radical (unpaired) electrons. The molecule has 1 heterocycles. The van der Waals surface area contributed by atoms with Crippen LogP contribution in [0.15, 0.2) is 0 Å². The number of hydrogen-bond donors (Lipinski definition) is 3. The van der Waals surface area contributed by atoms with Gasteiger partial charge < -0.3 is 20.9 Å². The first-order chi connectivity index (χ1) is 10.3. The van der Waals surface area contributed by atoms with Crippen molar-refractivity contribution >= 4 is 17.8 Å². The van der Waals surface area contributed by atoms with E-state index >= 15 is 0 Å². The number of nitrogens with two attached hydrogens (primary N) is 1. The number of esters is 1. The number of carboxylic acids is 1. The Bertz CT molecular complexity index is 545. The summed E-state index contributed by atoms with van der Waals surface area (Å²) in [5.74, 6) is -1.84. The number of nitrogens with one attached hydrogen (secondary N) is 1. The number of amides is 1. The number of tetrazole rings is 1. The quantitative estimate of drug-likeness (QED) is 0.447. The summed E-state index contributed by atoms with van der Waals surface area (Å²) in [6.45, 7) is 1.28. The second kappa shape index (κ2) is 8.02. The maximum absolute atomic E-state index is 11.8. The summed E-state index contributed by atoms with van der Waals surface area (Å²) in [5.41, 5.74) is 5.39. The minimum atomic E-state index is -1.12. The van der Waals surface area contributed by atoms with Crippen molar-refractivity contribution in [2.45, 2.75) is 38.4 Å². The van der Waals surface area contributed by atoms with Crippen molar-refractivity contribution in [2.75, 3.05) is 7.11 Å². The van der Waals surface area contributed by atoms with E-state index in [1.807, 2.05) is 0 Å². The fraction of sp³-hybridized carbons (Fsp3) is 0.636. The number of aliphatic carboxylic acids is 1. The number of aryl methyl sites for hydroxylation is 1. The van der Waals surface area contributed by atoms with Crippen LogP contribution in [0.2, 0.25) is 0 Å². The van der Waals surface area contributed by atoms with Gasteiger partial charge in [-0.15, -0.1) is 5.10 Å². The summed E-state index contributed by atoms with van der Waals surface area (Å²) >= 11 is 0. The van der Waals surface area contributed by atoms with E-state index in [4.69, 9.17) is 10.8 Å². The Balaban J connectivity index is 2.56. The first kappa shape index (κ1) is 17.5. The SMILES string of the molecule is COC(=O)[C@@H](C)NC(=O)Cn1nnnc1CC[C@H](N)C(=O)O. The summed E-state index contributed by atoms with van der Waals surface area (Å²) in [6, 6.07) is -1.82. The Morgan fingerprint density at radius 2 is 2.14 bits per heavy atom. The second-order valence-electron chi connectivity index (χ2n) is 4.55. The lowest BCUT2D eigenvalue weighted by atomic mass is 10.1. The van der Waals surface area contributed by atoms with Crippen LogP contribution in [-0.2, 0) is 32.1 Å². The molecule has 4 N–H and O–H groups in total. The molecule has 11 heteroatoms. The largest absolute Gasteiger partial charge is 0.480 e. The predicted octanol–water partition coefficient (Wildman–Crippen LogP) is -2.30. The average Bonchev–Trinajstić information content (AvgIpc) is 2.90. The van der Waals surface area contributed by atoms with Gasteiger partial charge in [-0.25, -0.2) is 9.48 Å². The van der Waals surface area contributed by atoms with Gasteiger partial charge in [0.15, 0.2) is 5.82 Å². The van der Waals surface area contributed by atoms with E-state index in [9.17, 15) is 14.4 Å². The number of nitrogens with zero attached hydrogens (tertiary/aromatic N) is 4. The molecule has 2 atom stereocenters. The van der Waals surface area contributed by atoms with E-state index in [2.05, 4.69) is 25.6 Å². The Labute approximate surface area is 125 Å². The highest BCUT2D eigenvalue weighted by Gasteiger charge is 2.18. The van der Waals surface area contributed by atoms with Crippen LogP contribution in [0.3, 0.4) is 0 Å². The van der Waals surface area contributed by atoms with Gasteiger partial charge in [-0.2, -0.15) is 0 Å². The van der Waals surface area contributed by atoms with Gasteiger partial charge in [0.1, 0.15) is 18.6 Å². The molecule has 1 rings (SSSR count). The molecular weight excluding hydrogens is 296 g/mol. The molecule has 1 aromatic rings. The number of carboxylic acid groups (broad SMARTS) is 1. The molecule has 0 saturated heterocycles. The van der Waals surface area contributed by atoms with Crippen molar-refractivity contribution in [3.63, 3.8) is 0 Å². The van der Waals surface area contributed by atoms with Crippen LogP contribution in [0.4, 0.5) is 0 Å². The van der Waals surface area contributed by atoms with Gasteiger partial charge in [-0.05, 0) is 23.8 Å². The lowest BCUT2D eigenvalue weighted by Crippen LogP contribution is -2.41. The first-order valence-corrected chi connectivity index (χ1v) is 6.45. The average molecular weight is 314 g/mol. The second-order valence-corrected chi connectivity index (χ2v) is 4.55. The third-order valence-electron chi connectivity index (χ3n) is 2.83. The van der Waals surface area contributed by atoms with E-state index in [0.717, 1.165) is 0 Å². The lowest BCUT2D eigenvalue weighted by molar-refractivity contribution is -0.144. The smallest absolute Gasteiger partial charge is 0.328 e. The molecule has 1 aromatic heterocycles. The maximum Gasteiger partial charge on any atom is 0.328 e. The van der Waals surface area contributed by atoms with E-state index in [-0.39, 0.29) is 19.4 Å². The minimum Gasteiger partial charge on any atom is -0.480 e. The monoisotopic (exact) mass is 314 g/mol. The molecule has 11 nitrogen and oxygen atoms in total. The van der Waals surface area contributed by atoms with Gasteiger partial charge >= 0.3 is 11.9 Å². The first-order valence-electron chi connectivity index (χ1n) is 6.45. The van der Waals surface area contributed by atoms with Crippen LogP contribution >= 0.6 is 0 Å². The Hall–Kier alpha value is -2.56. The lowest BCUT2D eigenvalue weighted by Gasteiger charge is -2.12. The van der Waals surface area contributed by atoms with Crippen molar-refractivity contribution in [3.05, 3.63) is 5.82 Å². The van der Waals surface area contributed by atoms with Gasteiger partial charge in [-0.3, -0.25) is 9.59 Å². The summed E-state index contributed by atoms with van der Waals surface area (Å²) in [6.07, 6.45) is 0.343. The molecular formula is C11H18N6O5. The summed E-state index contributed by atoms with van der Waals surface area (Å²) in [7, 11) is 1.22. The molecule has 0 bridgehead atoms. The van der Waals surface area contributed by atoms with Gasteiger partial charge in [0.2, 0.25) is 5.91 Å². The Kier molecular flexibility index (Phi) is 6.38. The predicted molar refractivity (Wildman–Crippen MR) is 71.4 cm³/mol. The standard InChI is InChI=1S/C11H18N6O5/c1-6(11(21)22-2)13-9(18)5-17-8(14-15-16-17)4-3-7(12)10(19)20/h6-7H,3-5,12H2,1-2H3,(H,13,18)(H,19,20)/t6-,7+/m1/s1. The van der Waals surface area contributed by atoms with Crippen LogP contribution in [-0.4, -0.2) is 62.4 Å². The van der Waals surface area contributed by atoms with Gasteiger partial charge in [0, 0.05) is 6.42 Å². The van der Waals surface area contributed by atoms with Crippen molar-refractivity contribution in [3.8, 4) is 0 Å². The Morgan fingerprint density at radius 3 is 2.73 bits per heavy atom. The summed E-state index contributed by atoms with van der Waals surface area (Å²) in [5, 5.41) is 21.9. The number of ether oxygens (including phenoxy) is 1. The van der Waals surface area contributed by atoms with Crippen LogP contribution in [0.5, 0.6) is 0 Å². The van der Waals surface area contributed by atoms with Crippen molar-refractivity contribution in [1.29, 1.82) is 0 Å². The highest BCUT2D eigenvalue weighted by Crippen LogP contribution is 2.00. The molecule has 0 unspecified atom stereocenters. The van der Waals surface area contributed by atoms with Crippen molar-refractivity contribution in [2.24, 2.45) is 5.73 Å². The molecule has 0 saturated carbocycles. The van der Waals surface area contributed by atoms with E-state index in [0.29, 0.717) is 5.82 Å². The summed E-state index contributed by atoms with van der Waals surface area (Å²) < 4.78 is 5.71. The van der Waals surface area contributed by atoms with Crippen LogP contribution in [0.1, 0.15) is 19.2 Å². The number of hydrogen-bond acceptors (Lipinski definition) is 8.